The predicted octanol–water partition coefficient (Wildman–Crippen LogP) is 4.05. The molecule has 0 radical (unpaired) electrons. The Morgan fingerprint density at radius 1 is 1.06 bits per heavy atom. The molecule has 1 saturated heterocycles. The van der Waals surface area contributed by atoms with Crippen molar-refractivity contribution in [2.24, 2.45) is 5.92 Å². The number of pyridine rings is 1. The van der Waals surface area contributed by atoms with Crippen molar-refractivity contribution in [3.63, 3.8) is 0 Å². The fraction of sp³-hybridized carbons (Fsp3) is 0.269. The fourth-order valence-electron chi connectivity index (χ4n) is 4.20. The van der Waals surface area contributed by atoms with E-state index in [0.717, 1.165) is 16.7 Å². The molecule has 32 heavy (non-hydrogen) atoms. The van der Waals surface area contributed by atoms with Gasteiger partial charge in [-0.25, -0.2) is 4.39 Å². The first-order valence-corrected chi connectivity index (χ1v) is 10.9. The van der Waals surface area contributed by atoms with Gasteiger partial charge in [0.25, 0.3) is 5.91 Å². The molecule has 3 aromatic rings. The minimum absolute atomic E-state index is 0.0498. The molecule has 164 valence electrons. The van der Waals surface area contributed by atoms with Gasteiger partial charge in [0.05, 0.1) is 5.92 Å². The van der Waals surface area contributed by atoms with Crippen LogP contribution < -0.4 is 0 Å². The molecule has 0 bridgehead atoms. The Hall–Kier alpha value is -3.54. The third-order valence-electron chi connectivity index (χ3n) is 5.89. The van der Waals surface area contributed by atoms with E-state index in [1.807, 2.05) is 43.5 Å². The van der Waals surface area contributed by atoms with Crippen LogP contribution in [0.5, 0.6) is 0 Å². The second-order valence-corrected chi connectivity index (χ2v) is 8.02. The number of benzene rings is 2. The van der Waals surface area contributed by atoms with Gasteiger partial charge in [0.15, 0.2) is 0 Å². The smallest absolute Gasteiger partial charge is 0.254 e. The minimum Gasteiger partial charge on any atom is -0.341 e. The van der Waals surface area contributed by atoms with Gasteiger partial charge in [-0.05, 0) is 54.3 Å². The van der Waals surface area contributed by atoms with E-state index in [2.05, 4.69) is 11.1 Å². The van der Waals surface area contributed by atoms with Crippen LogP contribution in [0.2, 0.25) is 0 Å². The van der Waals surface area contributed by atoms with Crippen molar-refractivity contribution in [3.05, 3.63) is 90.0 Å². The molecule has 1 fully saturated rings. The summed E-state index contributed by atoms with van der Waals surface area (Å²) in [6.45, 7) is 3.75. The monoisotopic (exact) mass is 431 g/mol. The van der Waals surface area contributed by atoms with Gasteiger partial charge >= 0.3 is 0 Å². The largest absolute Gasteiger partial charge is 0.341 e. The molecule has 0 spiro atoms. The van der Waals surface area contributed by atoms with E-state index in [-0.39, 0.29) is 17.7 Å². The normalized spacial score (nSPS) is 16.7. The number of hydrogen-bond acceptors (Lipinski definition) is 3. The second kappa shape index (κ2) is 9.73. The Morgan fingerprint density at radius 2 is 1.88 bits per heavy atom. The number of nitrogens with zero attached hydrogens (tertiary/aromatic N) is 3. The summed E-state index contributed by atoms with van der Waals surface area (Å²) in [5, 5.41) is 0. The molecule has 1 aliphatic rings. The lowest BCUT2D eigenvalue weighted by Crippen LogP contribution is -2.38. The predicted molar refractivity (Wildman–Crippen MR) is 121 cm³/mol. The van der Waals surface area contributed by atoms with Crippen LogP contribution in [0.1, 0.15) is 22.8 Å². The Kier molecular flexibility index (Phi) is 6.59. The Labute approximate surface area is 187 Å². The zero-order valence-corrected chi connectivity index (χ0v) is 18.1. The summed E-state index contributed by atoms with van der Waals surface area (Å²) in [7, 11) is 0. The summed E-state index contributed by atoms with van der Waals surface area (Å²) in [4.78, 5) is 33.9. The third kappa shape index (κ3) is 4.85. The minimum atomic E-state index is -0.444. The Bertz CT molecular complexity index is 1100. The molecule has 2 amide bonds. The summed E-state index contributed by atoms with van der Waals surface area (Å²) < 4.78 is 13.7. The molecular weight excluding hydrogens is 405 g/mol. The maximum absolute atomic E-state index is 13.7. The average molecular weight is 432 g/mol. The van der Waals surface area contributed by atoms with Gasteiger partial charge in [-0.2, -0.15) is 0 Å². The fourth-order valence-corrected chi connectivity index (χ4v) is 4.20. The van der Waals surface area contributed by atoms with E-state index in [9.17, 15) is 14.0 Å². The van der Waals surface area contributed by atoms with Crippen molar-refractivity contribution in [3.8, 4) is 11.1 Å². The van der Waals surface area contributed by atoms with Gasteiger partial charge in [0.2, 0.25) is 5.91 Å². The number of likely N-dealkylation sites (N-methyl/N-ethyl adjacent to an activating group) is 1. The van der Waals surface area contributed by atoms with Crippen LogP contribution in [0.15, 0.2) is 73.1 Å². The molecule has 2 heterocycles. The van der Waals surface area contributed by atoms with Crippen LogP contribution in [-0.4, -0.2) is 52.8 Å². The van der Waals surface area contributed by atoms with Crippen molar-refractivity contribution < 1.29 is 14.0 Å². The highest BCUT2D eigenvalue weighted by Gasteiger charge is 2.32. The molecule has 2 aromatic carbocycles. The van der Waals surface area contributed by atoms with Gasteiger partial charge in [0, 0.05) is 44.1 Å². The first kappa shape index (κ1) is 21.7. The SMILES string of the molecule is CCN1CCN(C(=O)c2cccc(F)c2)C[C@H](Cc2cccc(-c3cccnc3)c2)C1=O. The molecule has 5 nitrogen and oxygen atoms in total. The second-order valence-electron chi connectivity index (χ2n) is 8.02. The first-order chi connectivity index (χ1) is 15.5. The van der Waals surface area contributed by atoms with Crippen LogP contribution in [0.3, 0.4) is 0 Å². The maximum atomic E-state index is 13.7. The van der Waals surface area contributed by atoms with Crippen LogP contribution in [0.25, 0.3) is 11.1 Å². The number of carbonyl (C=O) groups excluding carboxylic acids is 2. The number of hydrogen-bond donors (Lipinski definition) is 0. The van der Waals surface area contributed by atoms with Crippen LogP contribution in [0.4, 0.5) is 4.39 Å². The maximum Gasteiger partial charge on any atom is 0.254 e. The molecule has 0 N–H and O–H groups in total. The lowest BCUT2D eigenvalue weighted by Gasteiger charge is -2.24. The van der Waals surface area contributed by atoms with E-state index in [4.69, 9.17) is 0 Å². The molecule has 6 heteroatoms. The summed E-state index contributed by atoms with van der Waals surface area (Å²) in [5.74, 6) is -1.00. The lowest BCUT2D eigenvalue weighted by atomic mass is 9.95. The zero-order chi connectivity index (χ0) is 22.5. The van der Waals surface area contributed by atoms with E-state index in [1.165, 1.54) is 18.2 Å². The number of aromatic nitrogens is 1. The van der Waals surface area contributed by atoms with Crippen LogP contribution in [-0.2, 0) is 11.2 Å². The molecule has 1 aromatic heterocycles. The molecule has 0 saturated carbocycles. The Balaban J connectivity index is 1.58. The first-order valence-electron chi connectivity index (χ1n) is 10.9. The van der Waals surface area contributed by atoms with Gasteiger partial charge in [-0.1, -0.05) is 36.4 Å². The van der Waals surface area contributed by atoms with Crippen LogP contribution >= 0.6 is 0 Å². The molecule has 0 unspecified atom stereocenters. The van der Waals surface area contributed by atoms with Gasteiger partial charge < -0.3 is 9.80 Å². The van der Waals surface area contributed by atoms with Crippen molar-refractivity contribution in [2.45, 2.75) is 13.3 Å². The van der Waals surface area contributed by atoms with Crippen molar-refractivity contribution in [1.82, 2.24) is 14.8 Å². The topological polar surface area (TPSA) is 53.5 Å². The number of amides is 2. The van der Waals surface area contributed by atoms with E-state index >= 15 is 0 Å². The van der Waals surface area contributed by atoms with E-state index < -0.39 is 5.82 Å². The molecule has 4 rings (SSSR count). The lowest BCUT2D eigenvalue weighted by molar-refractivity contribution is -0.134. The van der Waals surface area contributed by atoms with Crippen molar-refractivity contribution >= 4 is 11.8 Å². The summed E-state index contributed by atoms with van der Waals surface area (Å²) in [5.41, 5.74) is 3.39. The van der Waals surface area contributed by atoms with Gasteiger partial charge in [-0.3, -0.25) is 14.6 Å². The zero-order valence-electron chi connectivity index (χ0n) is 18.1. The third-order valence-corrected chi connectivity index (χ3v) is 5.89. The number of halogens is 1. The number of rotatable bonds is 5. The Morgan fingerprint density at radius 3 is 2.62 bits per heavy atom. The van der Waals surface area contributed by atoms with E-state index in [1.54, 1.807) is 22.1 Å². The summed E-state index contributed by atoms with van der Waals surface area (Å²) in [6, 6.07) is 17.7. The standard InChI is InChI=1S/C26H26FN3O2/c1-2-29-12-13-30(25(31)21-8-4-10-24(27)16-21)18-23(26(29)32)15-19-6-3-7-20(14-19)22-9-5-11-28-17-22/h3-11,14,16-17,23H,2,12-13,15,18H2,1H3/t23-/m0/s1. The summed E-state index contributed by atoms with van der Waals surface area (Å²) >= 11 is 0. The highest BCUT2D eigenvalue weighted by molar-refractivity contribution is 5.95. The molecule has 1 aliphatic heterocycles. The molecule has 0 aliphatic carbocycles. The quantitative estimate of drug-likeness (QED) is 0.612. The summed E-state index contributed by atoms with van der Waals surface area (Å²) in [6.07, 6.45) is 4.07. The van der Waals surface area contributed by atoms with Crippen LogP contribution in [0, 0.1) is 11.7 Å². The van der Waals surface area contributed by atoms with Gasteiger partial charge in [0.1, 0.15) is 5.82 Å². The van der Waals surface area contributed by atoms with E-state index in [0.29, 0.717) is 38.2 Å². The van der Waals surface area contributed by atoms with Gasteiger partial charge in [-0.15, -0.1) is 0 Å². The van der Waals surface area contributed by atoms with Crippen molar-refractivity contribution in [2.75, 3.05) is 26.2 Å². The van der Waals surface area contributed by atoms with Crippen molar-refractivity contribution in [1.29, 1.82) is 0 Å². The molecular formula is C26H26FN3O2. The highest BCUT2D eigenvalue weighted by atomic mass is 19.1. The highest BCUT2D eigenvalue weighted by Crippen LogP contribution is 2.23. The molecule has 1 atom stereocenters. The average Bonchev–Trinajstić information content (AvgIpc) is 2.98. The number of carbonyl (C=O) groups is 2.